The largest absolute Gasteiger partial charge is 0.387 e. The van der Waals surface area contributed by atoms with E-state index in [2.05, 4.69) is 21.5 Å². The first kappa shape index (κ1) is 16.9. The number of imidazole rings is 1. The highest BCUT2D eigenvalue weighted by molar-refractivity contribution is 5.50. The third-order valence-corrected chi connectivity index (χ3v) is 6.51. The molecule has 5 rings (SSSR count). The standard InChI is InChI=1S/C23H25FN2O/c24-19-9-7-16(8-10-19)15-1-5-18(6-2-15)23(27)22-21(17-3-4-17)12-11-20-13-25-14-26(20)22/h7-15,17-18,23,27H,1-6H2/t15-,18-,23-/m1/s1. The van der Waals surface area contributed by atoms with E-state index in [9.17, 15) is 9.50 Å². The molecule has 27 heavy (non-hydrogen) atoms. The van der Waals surface area contributed by atoms with Crippen molar-refractivity contribution in [1.82, 2.24) is 9.38 Å². The lowest BCUT2D eigenvalue weighted by Gasteiger charge is -2.33. The molecule has 0 spiro atoms. The summed E-state index contributed by atoms with van der Waals surface area (Å²) in [6.07, 6.45) is 9.78. The molecule has 2 aliphatic rings. The van der Waals surface area contributed by atoms with Gasteiger partial charge in [-0.2, -0.15) is 0 Å². The summed E-state index contributed by atoms with van der Waals surface area (Å²) >= 11 is 0. The number of halogens is 1. The van der Waals surface area contributed by atoms with Gasteiger partial charge in [0, 0.05) is 0 Å². The zero-order valence-electron chi connectivity index (χ0n) is 15.4. The molecule has 1 atom stereocenters. The number of fused-ring (bicyclic) bond motifs is 1. The van der Waals surface area contributed by atoms with Gasteiger partial charge in [0.1, 0.15) is 5.82 Å². The summed E-state index contributed by atoms with van der Waals surface area (Å²) in [6.45, 7) is 0. The van der Waals surface area contributed by atoms with Gasteiger partial charge in [0.2, 0.25) is 0 Å². The quantitative estimate of drug-likeness (QED) is 0.677. The highest BCUT2D eigenvalue weighted by Gasteiger charge is 2.34. The Balaban J connectivity index is 1.37. The van der Waals surface area contributed by atoms with Crippen LogP contribution in [0.25, 0.3) is 5.52 Å². The van der Waals surface area contributed by atoms with Gasteiger partial charge in [0.15, 0.2) is 0 Å². The molecule has 3 nitrogen and oxygen atoms in total. The van der Waals surface area contributed by atoms with E-state index >= 15 is 0 Å². The molecule has 4 heteroatoms. The highest BCUT2D eigenvalue weighted by Crippen LogP contribution is 2.47. The van der Waals surface area contributed by atoms with E-state index in [0.717, 1.165) is 36.9 Å². The average Bonchev–Trinajstić information content (AvgIpc) is 3.44. The Hall–Kier alpha value is -2.20. The van der Waals surface area contributed by atoms with Crippen molar-refractivity contribution >= 4 is 5.52 Å². The first-order valence-corrected chi connectivity index (χ1v) is 10.1. The average molecular weight is 364 g/mol. The third kappa shape index (κ3) is 3.16. The van der Waals surface area contributed by atoms with Crippen molar-refractivity contribution < 1.29 is 9.50 Å². The van der Waals surface area contributed by atoms with Crippen molar-refractivity contribution in [2.45, 2.75) is 56.5 Å². The highest BCUT2D eigenvalue weighted by atomic mass is 19.1. The van der Waals surface area contributed by atoms with Crippen LogP contribution in [0.3, 0.4) is 0 Å². The fraction of sp³-hybridized carbons (Fsp3) is 0.435. The lowest BCUT2D eigenvalue weighted by molar-refractivity contribution is 0.0754. The van der Waals surface area contributed by atoms with Crippen LogP contribution < -0.4 is 0 Å². The Morgan fingerprint density at radius 3 is 2.33 bits per heavy atom. The van der Waals surface area contributed by atoms with Gasteiger partial charge in [-0.3, -0.25) is 0 Å². The van der Waals surface area contributed by atoms with Crippen LogP contribution in [-0.2, 0) is 0 Å². The number of aliphatic hydroxyl groups is 1. The smallest absolute Gasteiger partial charge is 0.123 e. The monoisotopic (exact) mass is 364 g/mol. The van der Waals surface area contributed by atoms with Crippen LogP contribution in [0.5, 0.6) is 0 Å². The summed E-state index contributed by atoms with van der Waals surface area (Å²) < 4.78 is 15.3. The molecule has 1 aromatic carbocycles. The Morgan fingerprint density at radius 2 is 1.63 bits per heavy atom. The molecule has 2 heterocycles. The third-order valence-electron chi connectivity index (χ3n) is 6.51. The zero-order chi connectivity index (χ0) is 18.4. The van der Waals surface area contributed by atoms with Crippen LogP contribution in [0, 0.1) is 11.7 Å². The maximum absolute atomic E-state index is 13.2. The molecule has 140 valence electrons. The Labute approximate surface area is 158 Å². The Morgan fingerprint density at radius 1 is 0.926 bits per heavy atom. The Kier molecular flexibility index (Phi) is 4.24. The second-order valence-electron chi connectivity index (χ2n) is 8.24. The van der Waals surface area contributed by atoms with Gasteiger partial charge in [-0.15, -0.1) is 0 Å². The van der Waals surface area contributed by atoms with Crippen molar-refractivity contribution in [3.05, 3.63) is 71.6 Å². The van der Waals surface area contributed by atoms with Crippen LogP contribution in [-0.4, -0.2) is 14.5 Å². The van der Waals surface area contributed by atoms with Crippen LogP contribution >= 0.6 is 0 Å². The Bertz CT molecular complexity index is 937. The molecular formula is C23H25FN2O. The SMILES string of the molecule is O[C@@H](c1c(C2CC2)ccc2cncn12)[C@H]1CC[C@H](c2ccc(F)cc2)CC1. The number of hydrogen-bond acceptors (Lipinski definition) is 2. The van der Waals surface area contributed by atoms with Crippen LogP contribution in [0.1, 0.15) is 73.3 Å². The molecule has 1 N–H and O–H groups in total. The number of rotatable bonds is 4. The predicted molar refractivity (Wildman–Crippen MR) is 103 cm³/mol. The van der Waals surface area contributed by atoms with Gasteiger partial charge >= 0.3 is 0 Å². The summed E-state index contributed by atoms with van der Waals surface area (Å²) in [6, 6.07) is 11.2. The first-order chi connectivity index (χ1) is 13.2. The first-order valence-electron chi connectivity index (χ1n) is 10.1. The van der Waals surface area contributed by atoms with E-state index in [-0.39, 0.29) is 11.7 Å². The molecule has 2 fully saturated rings. The number of nitrogens with zero attached hydrogens (tertiary/aromatic N) is 2. The summed E-state index contributed by atoms with van der Waals surface area (Å²) in [5.41, 5.74) is 4.62. The topological polar surface area (TPSA) is 37.5 Å². The van der Waals surface area contributed by atoms with E-state index < -0.39 is 6.10 Å². The summed E-state index contributed by atoms with van der Waals surface area (Å²) in [5, 5.41) is 11.3. The van der Waals surface area contributed by atoms with Gasteiger partial charge < -0.3 is 9.51 Å². The molecule has 0 unspecified atom stereocenters. The van der Waals surface area contributed by atoms with E-state index in [1.54, 1.807) is 12.1 Å². The van der Waals surface area contributed by atoms with E-state index in [1.165, 1.54) is 24.0 Å². The normalized spacial score (nSPS) is 24.2. The second-order valence-corrected chi connectivity index (χ2v) is 8.24. The fourth-order valence-corrected chi connectivity index (χ4v) is 4.81. The number of hydrogen-bond donors (Lipinski definition) is 1. The van der Waals surface area contributed by atoms with Gasteiger partial charge in [0.05, 0.1) is 29.8 Å². The molecule has 0 amide bonds. The minimum absolute atomic E-state index is 0.177. The van der Waals surface area contributed by atoms with E-state index in [0.29, 0.717) is 11.8 Å². The predicted octanol–water partition coefficient (Wildman–Crippen LogP) is 5.36. The molecule has 0 aliphatic heterocycles. The zero-order valence-corrected chi connectivity index (χ0v) is 15.4. The molecule has 2 aromatic heterocycles. The molecule has 0 bridgehead atoms. The van der Waals surface area contributed by atoms with Crippen molar-refractivity contribution in [1.29, 1.82) is 0 Å². The van der Waals surface area contributed by atoms with Crippen molar-refractivity contribution in [3.8, 4) is 0 Å². The summed E-state index contributed by atoms with van der Waals surface area (Å²) in [4.78, 5) is 4.29. The van der Waals surface area contributed by atoms with Crippen LogP contribution in [0.15, 0.2) is 48.9 Å². The molecule has 0 radical (unpaired) electrons. The summed E-state index contributed by atoms with van der Waals surface area (Å²) in [7, 11) is 0. The molecular weight excluding hydrogens is 339 g/mol. The van der Waals surface area contributed by atoms with Gasteiger partial charge in [-0.05, 0) is 85.6 Å². The van der Waals surface area contributed by atoms with Gasteiger partial charge in [-0.25, -0.2) is 9.37 Å². The van der Waals surface area contributed by atoms with Gasteiger partial charge in [0.25, 0.3) is 0 Å². The lowest BCUT2D eigenvalue weighted by atomic mass is 9.75. The van der Waals surface area contributed by atoms with E-state index in [1.807, 2.05) is 24.7 Å². The maximum atomic E-state index is 13.2. The van der Waals surface area contributed by atoms with Crippen LogP contribution in [0.4, 0.5) is 4.39 Å². The second kappa shape index (κ2) is 6.75. The number of pyridine rings is 1. The van der Waals surface area contributed by atoms with Gasteiger partial charge in [-0.1, -0.05) is 18.2 Å². The summed E-state index contributed by atoms with van der Waals surface area (Å²) in [5.74, 6) is 1.16. The number of aromatic nitrogens is 2. The molecule has 2 aliphatic carbocycles. The molecule has 3 aromatic rings. The minimum Gasteiger partial charge on any atom is -0.387 e. The maximum Gasteiger partial charge on any atom is 0.123 e. The number of aliphatic hydroxyl groups excluding tert-OH is 1. The molecule has 0 saturated heterocycles. The lowest BCUT2D eigenvalue weighted by Crippen LogP contribution is -2.22. The van der Waals surface area contributed by atoms with Crippen molar-refractivity contribution in [3.63, 3.8) is 0 Å². The number of benzene rings is 1. The van der Waals surface area contributed by atoms with Crippen molar-refractivity contribution in [2.75, 3.05) is 0 Å². The van der Waals surface area contributed by atoms with E-state index in [4.69, 9.17) is 0 Å². The fourth-order valence-electron chi connectivity index (χ4n) is 4.81. The minimum atomic E-state index is -0.451. The van der Waals surface area contributed by atoms with Crippen molar-refractivity contribution in [2.24, 2.45) is 5.92 Å². The van der Waals surface area contributed by atoms with Crippen LogP contribution in [0.2, 0.25) is 0 Å². The molecule has 2 saturated carbocycles.